The molecule has 0 aromatic heterocycles. The maximum absolute atomic E-state index is 13.8. The van der Waals surface area contributed by atoms with Crippen LogP contribution < -0.4 is 9.62 Å². The van der Waals surface area contributed by atoms with E-state index in [2.05, 4.69) is 5.32 Å². The van der Waals surface area contributed by atoms with Crippen LogP contribution in [0.25, 0.3) is 0 Å². The topological polar surface area (TPSA) is 86.8 Å². The van der Waals surface area contributed by atoms with Crippen LogP contribution >= 0.6 is 23.2 Å². The number of rotatable bonds is 11. The molecule has 3 rings (SSSR count). The molecule has 2 amide bonds. The minimum absolute atomic E-state index is 0.00934. The summed E-state index contributed by atoms with van der Waals surface area (Å²) in [6, 6.07) is 16.5. The SMILES string of the molecule is CCNC(=O)[C@@H](CC)N(Cc1ccc(Cl)c(Cl)c1)C(=O)CN(c1ccccc1)S(=O)(=O)c1ccc(F)cc1. The fourth-order valence-corrected chi connectivity index (χ4v) is 5.64. The Bertz CT molecular complexity index is 1370. The van der Waals surface area contributed by atoms with Gasteiger partial charge in [-0.1, -0.05) is 54.4 Å². The average molecular weight is 581 g/mol. The Kier molecular flexibility index (Phi) is 10.1. The Hall–Kier alpha value is -3.14. The highest BCUT2D eigenvalue weighted by molar-refractivity contribution is 7.92. The normalized spacial score (nSPS) is 12.0. The number of amides is 2. The van der Waals surface area contributed by atoms with Crippen molar-refractivity contribution in [3.05, 3.63) is 94.2 Å². The van der Waals surface area contributed by atoms with Gasteiger partial charge in [0, 0.05) is 13.1 Å². The van der Waals surface area contributed by atoms with Crippen LogP contribution in [-0.4, -0.2) is 44.3 Å². The predicted molar refractivity (Wildman–Crippen MR) is 147 cm³/mol. The first-order valence-corrected chi connectivity index (χ1v) is 14.1. The Morgan fingerprint density at radius 3 is 2.18 bits per heavy atom. The first-order valence-electron chi connectivity index (χ1n) is 11.9. The smallest absolute Gasteiger partial charge is 0.264 e. The van der Waals surface area contributed by atoms with Gasteiger partial charge in [-0.3, -0.25) is 13.9 Å². The van der Waals surface area contributed by atoms with Gasteiger partial charge in [-0.05, 0) is 67.4 Å². The summed E-state index contributed by atoms with van der Waals surface area (Å²) in [5.41, 5.74) is 0.855. The Morgan fingerprint density at radius 1 is 0.947 bits per heavy atom. The Balaban J connectivity index is 2.04. The maximum Gasteiger partial charge on any atom is 0.264 e. The van der Waals surface area contributed by atoms with Gasteiger partial charge in [0.15, 0.2) is 0 Å². The third-order valence-corrected chi connectivity index (χ3v) is 8.33. The van der Waals surface area contributed by atoms with Crippen molar-refractivity contribution >= 4 is 50.7 Å². The van der Waals surface area contributed by atoms with Crippen LogP contribution in [0.4, 0.5) is 10.1 Å². The molecule has 0 saturated heterocycles. The van der Waals surface area contributed by atoms with E-state index in [-0.39, 0.29) is 34.5 Å². The Morgan fingerprint density at radius 2 is 1.61 bits per heavy atom. The van der Waals surface area contributed by atoms with E-state index in [4.69, 9.17) is 23.2 Å². The molecular formula is C27H28Cl2FN3O4S. The minimum atomic E-state index is -4.27. The summed E-state index contributed by atoms with van der Waals surface area (Å²) in [6.45, 7) is 3.28. The zero-order chi connectivity index (χ0) is 27.9. The molecule has 0 saturated carbocycles. The molecule has 3 aromatic carbocycles. The number of hydrogen-bond acceptors (Lipinski definition) is 4. The largest absolute Gasteiger partial charge is 0.355 e. The van der Waals surface area contributed by atoms with Crippen molar-refractivity contribution in [1.29, 1.82) is 0 Å². The van der Waals surface area contributed by atoms with E-state index in [0.717, 1.165) is 28.6 Å². The molecule has 1 N–H and O–H groups in total. The lowest BCUT2D eigenvalue weighted by molar-refractivity contribution is -0.140. The molecule has 0 radical (unpaired) electrons. The molecule has 11 heteroatoms. The first kappa shape index (κ1) is 29.4. The second kappa shape index (κ2) is 13.1. The number of benzene rings is 3. The van der Waals surface area contributed by atoms with Gasteiger partial charge in [0.05, 0.1) is 20.6 Å². The molecule has 1 atom stereocenters. The van der Waals surface area contributed by atoms with Gasteiger partial charge in [0.1, 0.15) is 18.4 Å². The number of nitrogens with zero attached hydrogens (tertiary/aromatic N) is 2. The maximum atomic E-state index is 13.8. The first-order chi connectivity index (χ1) is 18.1. The van der Waals surface area contributed by atoms with Crippen molar-refractivity contribution in [2.45, 2.75) is 37.8 Å². The highest BCUT2D eigenvalue weighted by atomic mass is 35.5. The molecule has 0 aliphatic heterocycles. The number of carbonyl (C=O) groups is 2. The van der Waals surface area contributed by atoms with Crippen LogP contribution in [0.15, 0.2) is 77.7 Å². The molecule has 0 heterocycles. The lowest BCUT2D eigenvalue weighted by Crippen LogP contribution is -2.52. The summed E-state index contributed by atoms with van der Waals surface area (Å²) >= 11 is 12.2. The van der Waals surface area contributed by atoms with Crippen LogP contribution in [0, 0.1) is 5.82 Å². The molecule has 3 aromatic rings. The molecule has 0 spiro atoms. The van der Waals surface area contributed by atoms with Gasteiger partial charge in [0.25, 0.3) is 10.0 Å². The van der Waals surface area contributed by atoms with E-state index < -0.39 is 34.3 Å². The Labute approximate surface area is 232 Å². The molecule has 7 nitrogen and oxygen atoms in total. The molecule has 0 aliphatic rings. The van der Waals surface area contributed by atoms with Gasteiger partial charge in [0.2, 0.25) is 11.8 Å². The number of hydrogen-bond donors (Lipinski definition) is 1. The van der Waals surface area contributed by atoms with Crippen LogP contribution in [0.1, 0.15) is 25.8 Å². The number of para-hydroxylation sites is 1. The highest BCUT2D eigenvalue weighted by Gasteiger charge is 2.33. The van der Waals surface area contributed by atoms with Gasteiger partial charge >= 0.3 is 0 Å². The summed E-state index contributed by atoms with van der Waals surface area (Å²) in [7, 11) is -4.27. The standard InChI is InChI=1S/C27H28Cl2FN3O4S/c1-3-25(27(35)31-4-2)32(17-19-10-15-23(28)24(29)16-19)26(34)18-33(21-8-6-5-7-9-21)38(36,37)22-13-11-20(30)12-14-22/h5-16,25H,3-4,17-18H2,1-2H3,(H,31,35)/t25-/m1/s1. The zero-order valence-corrected chi connectivity index (χ0v) is 23.2. The van der Waals surface area contributed by atoms with Crippen molar-refractivity contribution in [1.82, 2.24) is 10.2 Å². The summed E-state index contributed by atoms with van der Waals surface area (Å²) in [5, 5.41) is 3.36. The number of sulfonamides is 1. The number of likely N-dealkylation sites (N-methyl/N-ethyl adjacent to an activating group) is 1. The van der Waals surface area contributed by atoms with E-state index >= 15 is 0 Å². The van der Waals surface area contributed by atoms with Gasteiger partial charge < -0.3 is 10.2 Å². The zero-order valence-electron chi connectivity index (χ0n) is 20.9. The summed E-state index contributed by atoms with van der Waals surface area (Å²) in [5.74, 6) is -1.56. The quantitative estimate of drug-likeness (QED) is 0.335. The molecule has 0 bridgehead atoms. The van der Waals surface area contributed by atoms with E-state index in [1.54, 1.807) is 62.4 Å². The monoisotopic (exact) mass is 579 g/mol. The molecule has 0 unspecified atom stereocenters. The lowest BCUT2D eigenvalue weighted by Gasteiger charge is -2.33. The summed E-state index contributed by atoms with van der Waals surface area (Å²) in [4.78, 5) is 27.9. The van der Waals surface area contributed by atoms with Gasteiger partial charge in [-0.2, -0.15) is 0 Å². The van der Waals surface area contributed by atoms with Crippen LogP contribution in [0.5, 0.6) is 0 Å². The van der Waals surface area contributed by atoms with E-state index in [1.807, 2.05) is 0 Å². The second-order valence-electron chi connectivity index (χ2n) is 8.39. The van der Waals surface area contributed by atoms with Gasteiger partial charge in [-0.25, -0.2) is 12.8 Å². The molecule has 0 fully saturated rings. The average Bonchev–Trinajstić information content (AvgIpc) is 2.90. The fraction of sp³-hybridized carbons (Fsp3) is 0.259. The number of anilines is 1. The predicted octanol–water partition coefficient (Wildman–Crippen LogP) is 5.27. The third-order valence-electron chi connectivity index (χ3n) is 5.80. The van der Waals surface area contributed by atoms with Crippen LogP contribution in [-0.2, 0) is 26.2 Å². The van der Waals surface area contributed by atoms with Crippen molar-refractivity contribution in [3.63, 3.8) is 0 Å². The van der Waals surface area contributed by atoms with E-state index in [1.165, 1.54) is 4.90 Å². The van der Waals surface area contributed by atoms with Crippen molar-refractivity contribution in [3.8, 4) is 0 Å². The molecule has 0 aliphatic carbocycles. The summed E-state index contributed by atoms with van der Waals surface area (Å²) < 4.78 is 41.7. The lowest BCUT2D eigenvalue weighted by atomic mass is 10.1. The third kappa shape index (κ3) is 7.03. The molecular weight excluding hydrogens is 552 g/mol. The number of nitrogens with one attached hydrogen (secondary N) is 1. The minimum Gasteiger partial charge on any atom is -0.355 e. The number of carbonyl (C=O) groups excluding carboxylic acids is 2. The second-order valence-corrected chi connectivity index (χ2v) is 11.1. The van der Waals surface area contributed by atoms with Gasteiger partial charge in [-0.15, -0.1) is 0 Å². The van der Waals surface area contributed by atoms with E-state index in [0.29, 0.717) is 17.1 Å². The fourth-order valence-electron chi connectivity index (χ4n) is 3.90. The molecule has 38 heavy (non-hydrogen) atoms. The molecule has 202 valence electrons. The van der Waals surface area contributed by atoms with Crippen LogP contribution in [0.3, 0.4) is 0 Å². The van der Waals surface area contributed by atoms with E-state index in [9.17, 15) is 22.4 Å². The van der Waals surface area contributed by atoms with Crippen molar-refractivity contribution in [2.75, 3.05) is 17.4 Å². The highest BCUT2D eigenvalue weighted by Crippen LogP contribution is 2.26. The number of halogens is 3. The van der Waals surface area contributed by atoms with Crippen molar-refractivity contribution in [2.24, 2.45) is 0 Å². The summed E-state index contributed by atoms with van der Waals surface area (Å²) in [6.07, 6.45) is 0.287. The van der Waals surface area contributed by atoms with Crippen molar-refractivity contribution < 1.29 is 22.4 Å². The van der Waals surface area contributed by atoms with Crippen LogP contribution in [0.2, 0.25) is 10.0 Å².